The highest BCUT2D eigenvalue weighted by atomic mass is 35.5. The molecule has 2 atom stereocenters. The Morgan fingerprint density at radius 3 is 2.62 bits per heavy atom. The Labute approximate surface area is 156 Å². The molecule has 0 unspecified atom stereocenters. The van der Waals surface area contributed by atoms with Gasteiger partial charge in [-0.25, -0.2) is 4.39 Å². The summed E-state index contributed by atoms with van der Waals surface area (Å²) >= 11 is 6.11. The summed E-state index contributed by atoms with van der Waals surface area (Å²) in [4.78, 5) is 11.1. The van der Waals surface area contributed by atoms with Gasteiger partial charge in [-0.05, 0) is 31.5 Å². The summed E-state index contributed by atoms with van der Waals surface area (Å²) in [6.07, 6.45) is 0.358. The molecule has 140 valence electrons. The third-order valence-electron chi connectivity index (χ3n) is 3.83. The van der Waals surface area contributed by atoms with Crippen LogP contribution in [0.5, 0.6) is 11.5 Å². The van der Waals surface area contributed by atoms with E-state index in [2.05, 4.69) is 5.32 Å². The van der Waals surface area contributed by atoms with Crippen LogP contribution in [0.2, 0.25) is 5.02 Å². The van der Waals surface area contributed by atoms with Crippen molar-refractivity contribution >= 4 is 17.5 Å². The molecule has 4 N–H and O–H groups in total. The first-order valence-electron chi connectivity index (χ1n) is 8.28. The van der Waals surface area contributed by atoms with Gasteiger partial charge in [0.05, 0.1) is 5.02 Å². The maximum Gasteiger partial charge on any atom is 0.218 e. The molecule has 1 amide bonds. The third kappa shape index (κ3) is 5.42. The zero-order valence-electron chi connectivity index (χ0n) is 14.4. The topological polar surface area (TPSA) is 84.6 Å². The van der Waals surface area contributed by atoms with Crippen molar-refractivity contribution in [1.29, 1.82) is 0 Å². The molecule has 2 rings (SSSR count). The lowest BCUT2D eigenvalue weighted by Crippen LogP contribution is -2.35. The number of amides is 1. The van der Waals surface area contributed by atoms with Gasteiger partial charge in [-0.2, -0.15) is 0 Å². The fraction of sp³-hybridized carbons (Fsp3) is 0.316. The Morgan fingerprint density at radius 2 is 2.00 bits per heavy atom. The van der Waals surface area contributed by atoms with Gasteiger partial charge >= 0.3 is 0 Å². The molecule has 0 aliphatic rings. The Balaban J connectivity index is 2.31. The largest absolute Gasteiger partial charge is 0.453 e. The van der Waals surface area contributed by atoms with Crippen molar-refractivity contribution in [2.45, 2.75) is 31.8 Å². The monoisotopic (exact) mass is 380 g/mol. The number of halogens is 2. The molecule has 5 nitrogen and oxygen atoms in total. The van der Waals surface area contributed by atoms with E-state index in [4.69, 9.17) is 22.1 Å². The number of aliphatic hydroxyl groups is 1. The number of carbonyl (C=O) groups excluding carboxylic acids is 1. The Hall–Kier alpha value is -2.15. The molecule has 2 aromatic carbocycles. The number of benzene rings is 2. The van der Waals surface area contributed by atoms with Crippen molar-refractivity contribution in [2.24, 2.45) is 5.73 Å². The summed E-state index contributed by atoms with van der Waals surface area (Å²) in [6, 6.07) is 11.0. The van der Waals surface area contributed by atoms with E-state index in [1.165, 1.54) is 0 Å². The molecular weight excluding hydrogens is 359 g/mol. The lowest BCUT2D eigenvalue weighted by Gasteiger charge is -2.24. The third-order valence-corrected chi connectivity index (χ3v) is 4.13. The second-order valence-electron chi connectivity index (χ2n) is 6.00. The predicted molar refractivity (Wildman–Crippen MR) is 98.8 cm³/mol. The lowest BCUT2D eigenvalue weighted by molar-refractivity contribution is -0.118. The van der Waals surface area contributed by atoms with E-state index in [9.17, 15) is 9.90 Å². The zero-order valence-corrected chi connectivity index (χ0v) is 15.2. The number of nitrogens with two attached hydrogens (primary N) is 1. The van der Waals surface area contributed by atoms with Gasteiger partial charge < -0.3 is 20.9 Å². The minimum Gasteiger partial charge on any atom is -0.453 e. The number of hydrogen-bond acceptors (Lipinski definition) is 4. The Bertz CT molecular complexity index is 743. The molecule has 2 aromatic rings. The number of para-hydroxylation sites is 1. The lowest BCUT2D eigenvalue weighted by atomic mass is 10.0. The first-order chi connectivity index (χ1) is 12.4. The van der Waals surface area contributed by atoms with Crippen molar-refractivity contribution in [3.63, 3.8) is 0 Å². The first-order valence-corrected chi connectivity index (χ1v) is 8.66. The Kier molecular flexibility index (Phi) is 7.38. The van der Waals surface area contributed by atoms with Gasteiger partial charge in [-0.3, -0.25) is 4.79 Å². The van der Waals surface area contributed by atoms with Gasteiger partial charge in [0.2, 0.25) is 5.91 Å². The van der Waals surface area contributed by atoms with Crippen LogP contribution in [0.15, 0.2) is 42.5 Å². The van der Waals surface area contributed by atoms with E-state index in [-0.39, 0.29) is 36.3 Å². The summed E-state index contributed by atoms with van der Waals surface area (Å²) in [7, 11) is 0. The molecule has 0 heterocycles. The van der Waals surface area contributed by atoms with Crippen LogP contribution in [-0.2, 0) is 4.79 Å². The highest BCUT2D eigenvalue weighted by molar-refractivity contribution is 6.32. The number of rotatable bonds is 9. The van der Waals surface area contributed by atoms with Gasteiger partial charge in [0.1, 0.15) is 5.75 Å². The molecule has 0 aliphatic carbocycles. The quantitative estimate of drug-likeness (QED) is 0.621. The highest BCUT2D eigenvalue weighted by Gasteiger charge is 2.23. The minimum absolute atomic E-state index is 0.0809. The maximum atomic E-state index is 15.1. The molecule has 0 aliphatic heterocycles. The van der Waals surface area contributed by atoms with Gasteiger partial charge in [0, 0.05) is 30.7 Å². The normalized spacial score (nSPS) is 13.2. The van der Waals surface area contributed by atoms with E-state index in [1.54, 1.807) is 43.3 Å². The summed E-state index contributed by atoms with van der Waals surface area (Å²) in [5.41, 5.74) is 5.50. The standard InChI is InChI=1S/C19H22ClFN2O3/c1-12(11-17(22)25)23-16(9-10-24)14-7-8-15(20)19(18(14)21)26-13-5-3-2-4-6-13/h2-8,12,16,23-24H,9-11H2,1H3,(H2,22,25)/t12-,16-/m1/s1. The van der Waals surface area contributed by atoms with Crippen molar-refractivity contribution in [1.82, 2.24) is 5.32 Å². The van der Waals surface area contributed by atoms with Crippen molar-refractivity contribution < 1.29 is 19.0 Å². The molecule has 0 spiro atoms. The first kappa shape index (κ1) is 20.2. The number of primary amides is 1. The SMILES string of the molecule is C[C@H](CC(N)=O)N[C@H](CCO)c1ccc(Cl)c(Oc2ccccc2)c1F. The van der Waals surface area contributed by atoms with E-state index in [1.807, 2.05) is 6.07 Å². The molecule has 0 radical (unpaired) electrons. The predicted octanol–water partition coefficient (Wildman–Crippen LogP) is 3.55. The molecule has 26 heavy (non-hydrogen) atoms. The second-order valence-corrected chi connectivity index (χ2v) is 6.41. The van der Waals surface area contributed by atoms with E-state index in [0.717, 1.165) is 0 Å². The maximum absolute atomic E-state index is 15.1. The summed E-state index contributed by atoms with van der Waals surface area (Å²) in [6.45, 7) is 1.61. The van der Waals surface area contributed by atoms with Gasteiger partial charge in [-0.1, -0.05) is 35.9 Å². The van der Waals surface area contributed by atoms with Crippen molar-refractivity contribution in [2.75, 3.05) is 6.61 Å². The molecule has 0 aromatic heterocycles. The van der Waals surface area contributed by atoms with E-state index in [0.29, 0.717) is 11.3 Å². The number of carbonyl (C=O) groups is 1. The summed E-state index contributed by atoms with van der Waals surface area (Å²) < 4.78 is 20.7. The fourth-order valence-corrected chi connectivity index (χ4v) is 2.86. The van der Waals surface area contributed by atoms with Crippen molar-refractivity contribution in [3.05, 3.63) is 58.9 Å². The molecule has 0 bridgehead atoms. The van der Waals surface area contributed by atoms with Crippen LogP contribution in [0.4, 0.5) is 4.39 Å². The molecule has 0 saturated carbocycles. The van der Waals surface area contributed by atoms with E-state index < -0.39 is 17.8 Å². The average Bonchev–Trinajstić information content (AvgIpc) is 2.58. The summed E-state index contributed by atoms with van der Waals surface area (Å²) in [5, 5.41) is 12.6. The minimum atomic E-state index is -0.612. The number of hydrogen-bond donors (Lipinski definition) is 3. The van der Waals surface area contributed by atoms with Crippen LogP contribution in [-0.4, -0.2) is 23.7 Å². The van der Waals surface area contributed by atoms with E-state index >= 15 is 4.39 Å². The van der Waals surface area contributed by atoms with Gasteiger partial charge in [0.15, 0.2) is 11.6 Å². The van der Waals surface area contributed by atoms with Crippen LogP contribution in [0.25, 0.3) is 0 Å². The molecular formula is C19H22ClFN2O3. The highest BCUT2D eigenvalue weighted by Crippen LogP contribution is 2.36. The van der Waals surface area contributed by atoms with Crippen LogP contribution in [0.3, 0.4) is 0 Å². The van der Waals surface area contributed by atoms with Crippen LogP contribution in [0, 0.1) is 5.82 Å². The van der Waals surface area contributed by atoms with Crippen molar-refractivity contribution in [3.8, 4) is 11.5 Å². The van der Waals surface area contributed by atoms with Gasteiger partial charge in [-0.15, -0.1) is 0 Å². The number of nitrogens with one attached hydrogen (secondary N) is 1. The fourth-order valence-electron chi connectivity index (χ4n) is 2.68. The Morgan fingerprint density at radius 1 is 1.31 bits per heavy atom. The molecule has 7 heteroatoms. The molecule has 0 fully saturated rings. The summed E-state index contributed by atoms with van der Waals surface area (Å²) in [5.74, 6) is -0.696. The average molecular weight is 381 g/mol. The molecule has 0 saturated heterocycles. The van der Waals surface area contributed by atoms with Crippen LogP contribution in [0.1, 0.15) is 31.4 Å². The van der Waals surface area contributed by atoms with Gasteiger partial charge in [0.25, 0.3) is 0 Å². The number of ether oxygens (including phenoxy) is 1. The zero-order chi connectivity index (χ0) is 19.1. The smallest absolute Gasteiger partial charge is 0.218 e. The second kappa shape index (κ2) is 9.52. The van der Waals surface area contributed by atoms with Crippen LogP contribution >= 0.6 is 11.6 Å². The van der Waals surface area contributed by atoms with Crippen LogP contribution < -0.4 is 15.8 Å². The number of aliphatic hydroxyl groups excluding tert-OH is 1.